The Labute approximate surface area is 96.6 Å². The molecule has 5 heteroatoms. The minimum atomic E-state index is -0.237. The number of likely N-dealkylation sites (N-methyl/N-ethyl adjacent to an activating group) is 1. The van der Waals surface area contributed by atoms with Crippen LogP contribution < -0.4 is 0 Å². The molecule has 1 aromatic rings. The summed E-state index contributed by atoms with van der Waals surface area (Å²) in [6.45, 7) is 0. The molecule has 0 fully saturated rings. The predicted molar refractivity (Wildman–Crippen MR) is 60.8 cm³/mol. The average Bonchev–Trinajstić information content (AvgIpc) is 2.25. The Kier molecular flexibility index (Phi) is 4.45. The highest BCUT2D eigenvalue weighted by Gasteiger charge is 2.01. The van der Waals surface area contributed by atoms with Gasteiger partial charge in [-0.25, -0.2) is 5.06 Å². The van der Waals surface area contributed by atoms with Crippen LogP contribution in [0, 0.1) is 0 Å². The van der Waals surface area contributed by atoms with Gasteiger partial charge >= 0.3 is 0 Å². The summed E-state index contributed by atoms with van der Waals surface area (Å²) in [7, 11) is 2.98. The first kappa shape index (κ1) is 11.9. The summed E-state index contributed by atoms with van der Waals surface area (Å²) in [5.41, 5.74) is 0.710. The van der Waals surface area contributed by atoms with Gasteiger partial charge in [-0.3, -0.25) is 14.6 Å². The van der Waals surface area contributed by atoms with Crippen LogP contribution in [0.25, 0.3) is 6.08 Å². The highest BCUT2D eigenvalue weighted by atomic mass is 79.9. The van der Waals surface area contributed by atoms with Gasteiger partial charge in [0.1, 0.15) is 0 Å². The lowest BCUT2D eigenvalue weighted by atomic mass is 10.3. The smallest absolute Gasteiger partial charge is 0.269 e. The Morgan fingerprint density at radius 1 is 1.67 bits per heavy atom. The maximum atomic E-state index is 11.3. The Balaban J connectivity index is 2.69. The number of hydroxylamine groups is 2. The number of hydrogen-bond acceptors (Lipinski definition) is 3. The van der Waals surface area contributed by atoms with Crippen LogP contribution in [0.4, 0.5) is 0 Å². The van der Waals surface area contributed by atoms with E-state index in [0.717, 1.165) is 9.54 Å². The molecule has 0 spiro atoms. The fraction of sp³-hybridized carbons (Fsp3) is 0.200. The van der Waals surface area contributed by atoms with E-state index < -0.39 is 0 Å². The molecule has 0 aliphatic heterocycles. The van der Waals surface area contributed by atoms with E-state index in [4.69, 9.17) is 4.84 Å². The van der Waals surface area contributed by atoms with E-state index in [1.54, 1.807) is 19.3 Å². The minimum Gasteiger partial charge on any atom is -0.274 e. The van der Waals surface area contributed by atoms with Gasteiger partial charge in [-0.05, 0) is 18.2 Å². The molecule has 0 N–H and O–H groups in total. The van der Waals surface area contributed by atoms with Crippen molar-refractivity contribution in [2.24, 2.45) is 0 Å². The molecule has 1 heterocycles. The van der Waals surface area contributed by atoms with Gasteiger partial charge in [0.15, 0.2) is 0 Å². The zero-order chi connectivity index (χ0) is 11.3. The molecule has 1 aromatic heterocycles. The van der Waals surface area contributed by atoms with E-state index in [1.165, 1.54) is 13.2 Å². The molecule has 0 radical (unpaired) electrons. The standard InChI is InChI=1S/C10H11BrN2O2/c1-13(15-2)10(14)4-3-9-7-8(11)5-6-12-9/h3-7H,1-2H3/b4-3+. The van der Waals surface area contributed by atoms with Crippen LogP contribution in [0.5, 0.6) is 0 Å². The molecule has 15 heavy (non-hydrogen) atoms. The van der Waals surface area contributed by atoms with Crippen LogP contribution in [0.1, 0.15) is 5.69 Å². The lowest BCUT2D eigenvalue weighted by Gasteiger charge is -2.09. The zero-order valence-electron chi connectivity index (χ0n) is 8.48. The number of amides is 1. The van der Waals surface area contributed by atoms with Crippen molar-refractivity contribution in [3.63, 3.8) is 0 Å². The molecule has 4 nitrogen and oxygen atoms in total. The monoisotopic (exact) mass is 270 g/mol. The van der Waals surface area contributed by atoms with E-state index in [1.807, 2.05) is 12.1 Å². The number of aromatic nitrogens is 1. The average molecular weight is 271 g/mol. The van der Waals surface area contributed by atoms with E-state index in [0.29, 0.717) is 5.69 Å². The molecular formula is C10H11BrN2O2. The highest BCUT2D eigenvalue weighted by molar-refractivity contribution is 9.10. The molecule has 0 aromatic carbocycles. The van der Waals surface area contributed by atoms with Crippen molar-refractivity contribution < 1.29 is 9.63 Å². The lowest BCUT2D eigenvalue weighted by Crippen LogP contribution is -2.22. The number of hydrogen-bond donors (Lipinski definition) is 0. The minimum absolute atomic E-state index is 0.237. The number of halogens is 1. The third kappa shape index (κ3) is 3.81. The van der Waals surface area contributed by atoms with Crippen molar-refractivity contribution >= 4 is 27.9 Å². The van der Waals surface area contributed by atoms with Gasteiger partial charge in [-0.2, -0.15) is 0 Å². The Bertz CT molecular complexity index is 379. The van der Waals surface area contributed by atoms with Crippen LogP contribution in [0.3, 0.4) is 0 Å². The van der Waals surface area contributed by atoms with Crippen molar-refractivity contribution in [3.8, 4) is 0 Å². The molecule has 0 saturated heterocycles. The fourth-order valence-corrected chi connectivity index (χ4v) is 1.22. The molecule has 1 amide bonds. The zero-order valence-corrected chi connectivity index (χ0v) is 10.1. The summed E-state index contributed by atoms with van der Waals surface area (Å²) in [5, 5.41) is 1.13. The van der Waals surface area contributed by atoms with E-state index in [2.05, 4.69) is 20.9 Å². The summed E-state index contributed by atoms with van der Waals surface area (Å²) in [6, 6.07) is 3.64. The molecule has 0 bridgehead atoms. The van der Waals surface area contributed by atoms with Gasteiger partial charge in [-0.1, -0.05) is 15.9 Å². The lowest BCUT2D eigenvalue weighted by molar-refractivity contribution is -0.162. The largest absolute Gasteiger partial charge is 0.274 e. The van der Waals surface area contributed by atoms with E-state index in [-0.39, 0.29) is 5.91 Å². The van der Waals surface area contributed by atoms with Crippen molar-refractivity contribution in [3.05, 3.63) is 34.6 Å². The van der Waals surface area contributed by atoms with Gasteiger partial charge in [0, 0.05) is 23.8 Å². The maximum Gasteiger partial charge on any atom is 0.269 e. The summed E-state index contributed by atoms with van der Waals surface area (Å²) < 4.78 is 0.921. The number of carbonyl (C=O) groups excluding carboxylic acids is 1. The molecule has 0 atom stereocenters. The molecule has 80 valence electrons. The Morgan fingerprint density at radius 2 is 2.40 bits per heavy atom. The first-order valence-electron chi connectivity index (χ1n) is 4.25. The quantitative estimate of drug-likeness (QED) is 0.622. The number of pyridine rings is 1. The second kappa shape index (κ2) is 5.63. The summed E-state index contributed by atoms with van der Waals surface area (Å²) in [5.74, 6) is -0.237. The van der Waals surface area contributed by atoms with Gasteiger partial charge in [-0.15, -0.1) is 0 Å². The van der Waals surface area contributed by atoms with Crippen LogP contribution in [0.2, 0.25) is 0 Å². The van der Waals surface area contributed by atoms with Gasteiger partial charge in [0.05, 0.1) is 12.8 Å². The Hall–Kier alpha value is -1.20. The highest BCUT2D eigenvalue weighted by Crippen LogP contribution is 2.10. The first-order chi connectivity index (χ1) is 7.13. The van der Waals surface area contributed by atoms with Crippen LogP contribution >= 0.6 is 15.9 Å². The topological polar surface area (TPSA) is 42.4 Å². The van der Waals surface area contributed by atoms with Crippen LogP contribution in [-0.2, 0) is 9.63 Å². The molecule has 1 rings (SSSR count). The normalized spacial score (nSPS) is 10.6. The number of carbonyl (C=O) groups is 1. The summed E-state index contributed by atoms with van der Waals surface area (Å²) in [6.07, 6.45) is 4.69. The predicted octanol–water partition coefficient (Wildman–Crippen LogP) is 1.88. The molecule has 0 aliphatic rings. The number of nitrogens with zero attached hydrogens (tertiary/aromatic N) is 2. The summed E-state index contributed by atoms with van der Waals surface area (Å²) in [4.78, 5) is 20.1. The number of rotatable bonds is 3. The van der Waals surface area contributed by atoms with Crippen molar-refractivity contribution in [2.75, 3.05) is 14.2 Å². The van der Waals surface area contributed by atoms with Crippen LogP contribution in [0.15, 0.2) is 28.9 Å². The van der Waals surface area contributed by atoms with Gasteiger partial charge in [0.25, 0.3) is 5.91 Å². The molecule has 0 unspecified atom stereocenters. The van der Waals surface area contributed by atoms with Gasteiger partial charge in [0.2, 0.25) is 0 Å². The van der Waals surface area contributed by atoms with Crippen LogP contribution in [-0.4, -0.2) is 30.1 Å². The van der Waals surface area contributed by atoms with E-state index in [9.17, 15) is 4.79 Å². The third-order valence-corrected chi connectivity index (χ3v) is 2.22. The Morgan fingerprint density at radius 3 is 3.00 bits per heavy atom. The van der Waals surface area contributed by atoms with Crippen molar-refractivity contribution in [1.29, 1.82) is 0 Å². The van der Waals surface area contributed by atoms with E-state index >= 15 is 0 Å². The molecular weight excluding hydrogens is 260 g/mol. The second-order valence-corrected chi connectivity index (χ2v) is 3.67. The summed E-state index contributed by atoms with van der Waals surface area (Å²) >= 11 is 3.32. The first-order valence-corrected chi connectivity index (χ1v) is 5.04. The maximum absolute atomic E-state index is 11.3. The third-order valence-electron chi connectivity index (χ3n) is 1.72. The fourth-order valence-electron chi connectivity index (χ4n) is 0.864. The molecule has 0 aliphatic carbocycles. The second-order valence-electron chi connectivity index (χ2n) is 2.75. The molecule has 0 saturated carbocycles. The van der Waals surface area contributed by atoms with Crippen molar-refractivity contribution in [2.45, 2.75) is 0 Å². The SMILES string of the molecule is CON(C)C(=O)/C=C/c1cc(Br)ccn1. The van der Waals surface area contributed by atoms with Crippen molar-refractivity contribution in [1.82, 2.24) is 10.0 Å². The van der Waals surface area contributed by atoms with Gasteiger partial charge < -0.3 is 0 Å².